The first-order chi connectivity index (χ1) is 20.6. The summed E-state index contributed by atoms with van der Waals surface area (Å²) < 4.78 is 30.3. The van der Waals surface area contributed by atoms with Gasteiger partial charge in [0, 0.05) is 59.9 Å². The molecule has 1 amide bonds. The molecule has 12 heteroatoms. The second-order valence-corrected chi connectivity index (χ2v) is 13.3. The first-order valence-corrected chi connectivity index (χ1v) is 15.7. The molecule has 2 aliphatic carbocycles. The number of fused-ring (bicyclic) bond motifs is 3. The Balaban J connectivity index is 1.50. The lowest BCUT2D eigenvalue weighted by molar-refractivity contribution is 0.0696. The van der Waals surface area contributed by atoms with Gasteiger partial charge in [-0.1, -0.05) is 13.8 Å². The third kappa shape index (κ3) is 5.93. The van der Waals surface area contributed by atoms with Gasteiger partial charge in [-0.15, -0.1) is 0 Å². The Morgan fingerprint density at radius 3 is 2.49 bits per heavy atom. The predicted molar refractivity (Wildman–Crippen MR) is 160 cm³/mol. The summed E-state index contributed by atoms with van der Waals surface area (Å²) in [7, 11) is -3.92. The molecule has 0 spiro atoms. The minimum atomic E-state index is -3.92. The number of rotatable bonds is 10. The predicted octanol–water partition coefficient (Wildman–Crippen LogP) is 4.56. The number of hydrogen-bond acceptors (Lipinski definition) is 8. The van der Waals surface area contributed by atoms with Crippen molar-refractivity contribution in [2.45, 2.75) is 56.0 Å². The molecular weight excluding hydrogens is 568 g/mol. The Hall–Kier alpha value is -4.42. The minimum Gasteiger partial charge on any atom is -0.478 e. The summed E-state index contributed by atoms with van der Waals surface area (Å²) in [5.74, 6) is -1.03. The fourth-order valence-corrected chi connectivity index (χ4v) is 6.97. The van der Waals surface area contributed by atoms with E-state index in [9.17, 15) is 23.1 Å². The van der Waals surface area contributed by atoms with E-state index < -0.39 is 28.1 Å². The molecule has 0 bridgehead atoms. The molecule has 6 rings (SSSR count). The van der Waals surface area contributed by atoms with Gasteiger partial charge in [0.25, 0.3) is 5.91 Å². The largest absolute Gasteiger partial charge is 0.478 e. The maximum atomic E-state index is 13.8. The summed E-state index contributed by atoms with van der Waals surface area (Å²) in [6.45, 7) is 4.15. The summed E-state index contributed by atoms with van der Waals surface area (Å²) in [5, 5.41) is 17.2. The van der Waals surface area contributed by atoms with Crippen molar-refractivity contribution in [3.8, 4) is 0 Å². The van der Waals surface area contributed by atoms with Gasteiger partial charge in [0.15, 0.2) is 0 Å². The van der Waals surface area contributed by atoms with Gasteiger partial charge in [0.2, 0.25) is 10.0 Å². The van der Waals surface area contributed by atoms with Crippen LogP contribution in [0.1, 0.15) is 88.6 Å². The van der Waals surface area contributed by atoms with Gasteiger partial charge in [-0.3, -0.25) is 19.7 Å². The van der Waals surface area contributed by atoms with E-state index in [1.807, 2.05) is 19.9 Å². The number of nitrogens with one attached hydrogen (secondary N) is 3. The molecule has 0 saturated heterocycles. The Labute approximate surface area is 249 Å². The normalized spacial score (nSPS) is 18.0. The van der Waals surface area contributed by atoms with Gasteiger partial charge >= 0.3 is 5.97 Å². The number of amides is 1. The van der Waals surface area contributed by atoms with Gasteiger partial charge in [-0.25, -0.2) is 17.9 Å². The maximum absolute atomic E-state index is 13.8. The SMILES string of the molecule is CC(C)CNS(=O)(=O)c1cc2c(c3cnc(C4CC4)cc13)C(Nc1cncc(C(=O)O)c1)CC2NC(=O)c1cccnc1. The number of sulfonamides is 1. The molecule has 3 aromatic heterocycles. The summed E-state index contributed by atoms with van der Waals surface area (Å²) in [6.07, 6.45) is 9.99. The molecule has 2 atom stereocenters. The summed E-state index contributed by atoms with van der Waals surface area (Å²) >= 11 is 0. The van der Waals surface area contributed by atoms with E-state index in [1.54, 1.807) is 30.6 Å². The number of carbonyl (C=O) groups excluding carboxylic acids is 1. The molecule has 1 fully saturated rings. The standard InChI is InChI=1S/C31H32N6O5S/c1-17(2)12-35-43(41,42)28-10-23-26(37-30(38)19-4-3-7-32-13-19)11-27(36-21-8-20(31(39)40)14-33-15-21)29(23)24-16-34-25(9-22(24)28)18-5-6-18/h3-4,7-10,13-18,26-27,35-36H,5-6,11-12H2,1-2H3,(H,37,38)(H,39,40). The number of aromatic carboxylic acids is 1. The number of aromatic nitrogens is 3. The van der Waals surface area contributed by atoms with Crippen LogP contribution in [0, 0.1) is 5.92 Å². The summed E-state index contributed by atoms with van der Waals surface area (Å²) in [6, 6.07) is 7.41. The van der Waals surface area contributed by atoms with Crippen LogP contribution in [0.2, 0.25) is 0 Å². The van der Waals surface area contributed by atoms with Crippen LogP contribution in [0.5, 0.6) is 0 Å². The van der Waals surface area contributed by atoms with Crippen molar-refractivity contribution in [2.24, 2.45) is 5.92 Å². The Morgan fingerprint density at radius 1 is 1.00 bits per heavy atom. The van der Waals surface area contributed by atoms with Gasteiger partial charge in [0.1, 0.15) is 0 Å². The second-order valence-electron chi connectivity index (χ2n) is 11.5. The zero-order valence-corrected chi connectivity index (χ0v) is 24.6. The third-order valence-corrected chi connectivity index (χ3v) is 9.26. The second kappa shape index (κ2) is 11.3. The molecule has 1 saturated carbocycles. The highest BCUT2D eigenvalue weighted by atomic mass is 32.2. The summed E-state index contributed by atoms with van der Waals surface area (Å²) in [4.78, 5) is 37.8. The van der Waals surface area contributed by atoms with Crippen molar-refractivity contribution >= 4 is 38.4 Å². The molecule has 0 radical (unpaired) electrons. The smallest absolute Gasteiger partial charge is 0.337 e. The number of benzene rings is 1. The molecule has 222 valence electrons. The van der Waals surface area contributed by atoms with Crippen LogP contribution in [0.15, 0.2) is 66.2 Å². The van der Waals surface area contributed by atoms with E-state index in [2.05, 4.69) is 25.3 Å². The fourth-order valence-electron chi connectivity index (χ4n) is 5.52. The van der Waals surface area contributed by atoms with Crippen LogP contribution in [-0.4, -0.2) is 46.9 Å². The van der Waals surface area contributed by atoms with Crippen LogP contribution < -0.4 is 15.4 Å². The lowest BCUT2D eigenvalue weighted by atomic mass is 9.98. The van der Waals surface area contributed by atoms with Crippen LogP contribution in [0.25, 0.3) is 10.8 Å². The Kier molecular flexibility index (Phi) is 7.57. The van der Waals surface area contributed by atoms with Gasteiger partial charge in [-0.2, -0.15) is 0 Å². The number of pyridine rings is 3. The topological polar surface area (TPSA) is 163 Å². The average molecular weight is 601 g/mol. The number of anilines is 1. The monoisotopic (exact) mass is 600 g/mol. The highest BCUT2D eigenvalue weighted by molar-refractivity contribution is 7.89. The van der Waals surface area contributed by atoms with E-state index in [1.165, 1.54) is 24.7 Å². The van der Waals surface area contributed by atoms with E-state index in [-0.39, 0.29) is 28.8 Å². The van der Waals surface area contributed by atoms with Gasteiger partial charge in [0.05, 0.1) is 33.8 Å². The van der Waals surface area contributed by atoms with E-state index >= 15 is 0 Å². The quantitative estimate of drug-likeness (QED) is 0.204. The van der Waals surface area contributed by atoms with Crippen LogP contribution in [0.4, 0.5) is 5.69 Å². The van der Waals surface area contributed by atoms with Crippen molar-refractivity contribution in [3.63, 3.8) is 0 Å². The molecule has 4 aromatic rings. The Bertz CT molecular complexity index is 1830. The third-order valence-electron chi connectivity index (χ3n) is 7.80. The minimum absolute atomic E-state index is 0.0305. The molecule has 2 unspecified atom stereocenters. The van der Waals surface area contributed by atoms with Crippen LogP contribution >= 0.6 is 0 Å². The summed E-state index contributed by atoms with van der Waals surface area (Å²) in [5.41, 5.74) is 3.20. The number of carboxylic acids is 1. The lowest BCUT2D eigenvalue weighted by Crippen LogP contribution is -2.29. The number of carbonyl (C=O) groups is 2. The number of nitrogens with zero attached hydrogens (tertiary/aromatic N) is 3. The number of carboxylic acid groups (broad SMARTS) is 1. The average Bonchev–Trinajstić information content (AvgIpc) is 3.79. The molecule has 43 heavy (non-hydrogen) atoms. The molecule has 2 aliphatic rings. The van der Waals surface area contributed by atoms with Crippen LogP contribution in [0.3, 0.4) is 0 Å². The molecular formula is C31H32N6O5S. The van der Waals surface area contributed by atoms with Crippen molar-refractivity contribution in [3.05, 3.63) is 89.3 Å². The van der Waals surface area contributed by atoms with Crippen molar-refractivity contribution in [1.82, 2.24) is 25.0 Å². The van der Waals surface area contributed by atoms with Gasteiger partial charge in [-0.05, 0) is 66.6 Å². The van der Waals surface area contributed by atoms with Crippen LogP contribution in [-0.2, 0) is 10.0 Å². The maximum Gasteiger partial charge on any atom is 0.337 e. The highest BCUT2D eigenvalue weighted by Crippen LogP contribution is 2.47. The van der Waals surface area contributed by atoms with E-state index in [0.29, 0.717) is 39.9 Å². The fraction of sp³-hybridized carbons (Fsp3) is 0.323. The highest BCUT2D eigenvalue weighted by Gasteiger charge is 2.37. The number of hydrogen-bond donors (Lipinski definition) is 4. The molecule has 0 aliphatic heterocycles. The molecule has 3 heterocycles. The first kappa shape index (κ1) is 28.7. The van der Waals surface area contributed by atoms with Crippen molar-refractivity contribution in [1.29, 1.82) is 0 Å². The first-order valence-electron chi connectivity index (χ1n) is 14.2. The van der Waals surface area contributed by atoms with E-state index in [4.69, 9.17) is 4.98 Å². The molecule has 4 N–H and O–H groups in total. The lowest BCUT2D eigenvalue weighted by Gasteiger charge is -2.19. The van der Waals surface area contributed by atoms with Crippen molar-refractivity contribution in [2.75, 3.05) is 11.9 Å². The zero-order valence-electron chi connectivity index (χ0n) is 23.7. The molecule has 11 nitrogen and oxygen atoms in total. The van der Waals surface area contributed by atoms with E-state index in [0.717, 1.165) is 24.1 Å². The van der Waals surface area contributed by atoms with Crippen molar-refractivity contribution < 1.29 is 23.1 Å². The van der Waals surface area contributed by atoms with Gasteiger partial charge < -0.3 is 15.7 Å². The Morgan fingerprint density at radius 2 is 1.79 bits per heavy atom. The molecule has 1 aromatic carbocycles. The zero-order chi connectivity index (χ0) is 30.3.